The van der Waals surface area contributed by atoms with Gasteiger partial charge in [-0.25, -0.2) is 14.8 Å². The van der Waals surface area contributed by atoms with Gasteiger partial charge < -0.3 is 5.32 Å². The largest absolute Gasteiger partial charge is 0.358 e. The Balaban J connectivity index is 2.00. The van der Waals surface area contributed by atoms with Gasteiger partial charge in [0.2, 0.25) is 5.91 Å². The quantitative estimate of drug-likeness (QED) is 0.806. The Morgan fingerprint density at radius 2 is 1.79 bits per heavy atom. The van der Waals surface area contributed by atoms with Gasteiger partial charge in [0.25, 0.3) is 11.8 Å². The van der Waals surface area contributed by atoms with Gasteiger partial charge in [-0.1, -0.05) is 12.1 Å². The second-order valence-electron chi connectivity index (χ2n) is 4.95. The van der Waals surface area contributed by atoms with Crippen molar-refractivity contribution in [1.29, 1.82) is 0 Å². The average Bonchev–Trinajstić information content (AvgIpc) is 3.21. The lowest BCUT2D eigenvalue weighted by Crippen LogP contribution is -2.54. The number of carbonyl (C=O) groups is 4. The summed E-state index contributed by atoms with van der Waals surface area (Å²) in [6.45, 7) is -0.487. The van der Waals surface area contributed by atoms with Crippen molar-refractivity contribution >= 4 is 23.8 Å². The minimum Gasteiger partial charge on any atom is -0.358 e. The van der Waals surface area contributed by atoms with Crippen LogP contribution in [0.4, 0.5) is 4.79 Å². The number of rotatable bonds is 3. The van der Waals surface area contributed by atoms with Gasteiger partial charge in [0, 0.05) is 19.4 Å². The monoisotopic (exact) mass is 327 g/mol. The van der Waals surface area contributed by atoms with Gasteiger partial charge in [-0.05, 0) is 12.1 Å². The zero-order valence-electron chi connectivity index (χ0n) is 12.7. The Morgan fingerprint density at radius 3 is 2.29 bits per heavy atom. The van der Waals surface area contributed by atoms with Crippen molar-refractivity contribution in [3.63, 3.8) is 0 Å². The van der Waals surface area contributed by atoms with E-state index in [4.69, 9.17) is 0 Å². The number of benzene rings is 1. The molecule has 0 saturated carbocycles. The molecule has 122 valence electrons. The van der Waals surface area contributed by atoms with E-state index in [2.05, 4.69) is 10.3 Å². The number of hydrogen-bond acceptors (Lipinski definition) is 5. The summed E-state index contributed by atoms with van der Waals surface area (Å²) in [5.74, 6) is -1.85. The first-order valence-corrected chi connectivity index (χ1v) is 7.02. The molecule has 0 atom stereocenters. The molecule has 0 aliphatic carbocycles. The van der Waals surface area contributed by atoms with Crippen LogP contribution in [0, 0.1) is 0 Å². The molecule has 1 aliphatic heterocycles. The molecular formula is C15H13N5O4. The zero-order valence-corrected chi connectivity index (χ0v) is 12.7. The van der Waals surface area contributed by atoms with Crippen molar-refractivity contribution in [2.75, 3.05) is 13.6 Å². The normalized spacial score (nSPS) is 13.0. The van der Waals surface area contributed by atoms with Gasteiger partial charge in [-0.2, -0.15) is 5.01 Å². The molecule has 1 aromatic carbocycles. The first kappa shape index (κ1) is 15.4. The minimum atomic E-state index is -0.745. The molecule has 1 N–H and O–H groups in total. The van der Waals surface area contributed by atoms with Crippen molar-refractivity contribution in [1.82, 2.24) is 24.9 Å². The third-order valence-electron chi connectivity index (χ3n) is 3.53. The number of nitrogens with one attached hydrogen (secondary N) is 1. The third-order valence-corrected chi connectivity index (χ3v) is 3.53. The molecular weight excluding hydrogens is 314 g/mol. The van der Waals surface area contributed by atoms with Crippen LogP contribution in [0.25, 0.3) is 0 Å². The lowest BCUT2D eigenvalue weighted by Gasteiger charge is -2.28. The summed E-state index contributed by atoms with van der Waals surface area (Å²) in [6.07, 6.45) is 3.95. The van der Waals surface area contributed by atoms with Crippen LogP contribution in [0.3, 0.4) is 0 Å². The zero-order chi connectivity index (χ0) is 17.3. The van der Waals surface area contributed by atoms with Gasteiger partial charge in [0.15, 0.2) is 0 Å². The molecule has 3 rings (SSSR count). The van der Waals surface area contributed by atoms with Crippen molar-refractivity contribution in [2.24, 2.45) is 0 Å². The molecule has 0 saturated heterocycles. The van der Waals surface area contributed by atoms with Crippen molar-refractivity contribution in [2.45, 2.75) is 0 Å². The molecule has 9 nitrogen and oxygen atoms in total. The topological polar surface area (TPSA) is 105 Å². The van der Waals surface area contributed by atoms with Crippen LogP contribution in [-0.2, 0) is 4.79 Å². The van der Waals surface area contributed by atoms with Crippen molar-refractivity contribution in [3.05, 3.63) is 54.1 Å². The lowest BCUT2D eigenvalue weighted by molar-refractivity contribution is -0.122. The summed E-state index contributed by atoms with van der Waals surface area (Å²) in [4.78, 5) is 53.2. The van der Waals surface area contributed by atoms with E-state index >= 15 is 0 Å². The Morgan fingerprint density at radius 1 is 1.17 bits per heavy atom. The van der Waals surface area contributed by atoms with Crippen LogP contribution in [-0.4, -0.2) is 56.9 Å². The van der Waals surface area contributed by atoms with Crippen molar-refractivity contribution in [3.8, 4) is 0 Å². The summed E-state index contributed by atoms with van der Waals surface area (Å²) < 4.78 is 1.08. The first-order valence-electron chi connectivity index (χ1n) is 7.02. The fraction of sp³-hybridized carbons (Fsp3) is 0.133. The highest BCUT2D eigenvalue weighted by Crippen LogP contribution is 2.24. The molecule has 2 aromatic rings. The van der Waals surface area contributed by atoms with E-state index in [0.29, 0.717) is 5.01 Å². The fourth-order valence-electron chi connectivity index (χ4n) is 2.34. The number of likely N-dealkylation sites (N-methyl/N-ethyl adjacent to an activating group) is 1. The first-order chi connectivity index (χ1) is 11.5. The van der Waals surface area contributed by atoms with Crippen LogP contribution < -0.4 is 5.32 Å². The highest BCUT2D eigenvalue weighted by Gasteiger charge is 2.42. The second kappa shape index (κ2) is 5.95. The molecule has 24 heavy (non-hydrogen) atoms. The van der Waals surface area contributed by atoms with Crippen LogP contribution in [0.15, 0.2) is 43.0 Å². The number of imidazole rings is 1. The Kier molecular flexibility index (Phi) is 3.82. The molecule has 1 aliphatic rings. The predicted molar refractivity (Wildman–Crippen MR) is 80.7 cm³/mol. The van der Waals surface area contributed by atoms with E-state index in [9.17, 15) is 19.2 Å². The molecule has 2 heterocycles. The summed E-state index contributed by atoms with van der Waals surface area (Å²) in [5, 5.41) is 3.84. The molecule has 0 spiro atoms. The molecule has 0 fully saturated rings. The van der Waals surface area contributed by atoms with E-state index in [1.165, 1.54) is 37.9 Å². The minimum absolute atomic E-state index is 0.183. The number of aromatic nitrogens is 2. The van der Waals surface area contributed by atoms with Crippen molar-refractivity contribution < 1.29 is 19.2 Å². The van der Waals surface area contributed by atoms with E-state index in [-0.39, 0.29) is 11.1 Å². The van der Waals surface area contributed by atoms with E-state index in [1.54, 1.807) is 12.1 Å². The molecule has 0 radical (unpaired) electrons. The number of hydrogen-bond donors (Lipinski definition) is 1. The Bertz CT molecular complexity index is 795. The Hall–Kier alpha value is -3.49. The summed E-state index contributed by atoms with van der Waals surface area (Å²) in [7, 11) is 1.39. The number of nitrogens with zero attached hydrogens (tertiary/aromatic N) is 4. The molecule has 4 amide bonds. The average molecular weight is 327 g/mol. The SMILES string of the molecule is CNC(=O)CN(C(=O)n1ccnc1)N1C(=O)c2ccccc2C1=O. The van der Waals surface area contributed by atoms with E-state index in [1.807, 2.05) is 0 Å². The number of amides is 4. The summed E-state index contributed by atoms with van der Waals surface area (Å²) >= 11 is 0. The second-order valence-corrected chi connectivity index (χ2v) is 4.95. The maximum atomic E-state index is 12.6. The van der Waals surface area contributed by atoms with Gasteiger partial charge >= 0.3 is 6.03 Å². The number of hydrazine groups is 1. The van der Waals surface area contributed by atoms with E-state index in [0.717, 1.165) is 9.58 Å². The predicted octanol–water partition coefficient (Wildman–Crippen LogP) is 0.110. The van der Waals surface area contributed by atoms with Gasteiger partial charge in [-0.3, -0.25) is 19.0 Å². The smallest absolute Gasteiger partial charge is 0.349 e. The maximum Gasteiger partial charge on any atom is 0.349 e. The van der Waals surface area contributed by atoms with Crippen LogP contribution in [0.1, 0.15) is 20.7 Å². The Labute approximate surface area is 136 Å². The molecule has 1 aromatic heterocycles. The number of carbonyl (C=O) groups excluding carboxylic acids is 4. The lowest BCUT2D eigenvalue weighted by atomic mass is 10.1. The summed E-state index contributed by atoms with van der Waals surface area (Å²) in [5.41, 5.74) is 0.366. The number of fused-ring (bicyclic) bond motifs is 1. The molecule has 0 unspecified atom stereocenters. The third kappa shape index (κ3) is 2.41. The standard InChI is InChI=1S/C15H13N5O4/c1-16-12(21)8-19(15(24)18-7-6-17-9-18)20-13(22)10-4-2-3-5-11(10)14(20)23/h2-7,9H,8H2,1H3,(H,16,21). The highest BCUT2D eigenvalue weighted by atomic mass is 16.2. The van der Waals surface area contributed by atoms with E-state index < -0.39 is 30.3 Å². The van der Waals surface area contributed by atoms with Crippen LogP contribution in [0.2, 0.25) is 0 Å². The maximum absolute atomic E-state index is 12.6. The molecule has 0 bridgehead atoms. The fourth-order valence-corrected chi connectivity index (χ4v) is 2.34. The van der Waals surface area contributed by atoms with Crippen LogP contribution >= 0.6 is 0 Å². The van der Waals surface area contributed by atoms with Crippen LogP contribution in [0.5, 0.6) is 0 Å². The number of imide groups is 1. The van der Waals surface area contributed by atoms with Gasteiger partial charge in [0.05, 0.1) is 11.1 Å². The molecule has 9 heteroatoms. The van der Waals surface area contributed by atoms with Gasteiger partial charge in [0.1, 0.15) is 12.9 Å². The summed E-state index contributed by atoms with van der Waals surface area (Å²) in [6, 6.07) is 5.48. The van der Waals surface area contributed by atoms with Gasteiger partial charge in [-0.15, -0.1) is 0 Å². The highest BCUT2D eigenvalue weighted by molar-refractivity contribution is 6.21.